The second-order valence-electron chi connectivity index (χ2n) is 9.93. The summed E-state index contributed by atoms with van der Waals surface area (Å²) in [4.78, 5) is 41.1. The summed E-state index contributed by atoms with van der Waals surface area (Å²) in [5.41, 5.74) is 2.87. The third-order valence-electron chi connectivity index (χ3n) is 6.06. The van der Waals surface area contributed by atoms with Gasteiger partial charge in [0.15, 0.2) is 0 Å². The molecule has 2 N–H and O–H groups in total. The number of likely N-dealkylation sites (tertiary alicyclic amines) is 1. The third-order valence-corrected chi connectivity index (χ3v) is 7.00. The molecule has 3 atom stereocenters. The van der Waals surface area contributed by atoms with Crippen LogP contribution in [0.4, 0.5) is 0 Å². The molecule has 208 valence electrons. The van der Waals surface area contributed by atoms with Crippen molar-refractivity contribution in [1.29, 1.82) is 0 Å². The average molecular weight is 533 g/mol. The van der Waals surface area contributed by atoms with Gasteiger partial charge in [-0.15, -0.1) is 11.8 Å². The van der Waals surface area contributed by atoms with Gasteiger partial charge in [0.2, 0.25) is 18.2 Å². The first-order chi connectivity index (χ1) is 17.4. The molecule has 0 aromatic heterocycles. The molecule has 1 saturated heterocycles. The lowest BCUT2D eigenvalue weighted by Gasteiger charge is -2.34. The van der Waals surface area contributed by atoms with E-state index >= 15 is 0 Å². The van der Waals surface area contributed by atoms with Gasteiger partial charge in [-0.2, -0.15) is 0 Å². The maximum Gasteiger partial charge on any atom is 0.245 e. The normalized spacial score (nSPS) is 17.0. The molecule has 37 heavy (non-hydrogen) atoms. The van der Waals surface area contributed by atoms with Gasteiger partial charge in [0, 0.05) is 24.4 Å². The van der Waals surface area contributed by atoms with Gasteiger partial charge >= 0.3 is 0 Å². The molecule has 0 radical (unpaired) electrons. The van der Waals surface area contributed by atoms with Crippen LogP contribution >= 0.6 is 11.8 Å². The Kier molecular flexibility index (Phi) is 15.8. The molecule has 7 nitrogen and oxygen atoms in total. The minimum atomic E-state index is -0.430. The fraction of sp³-hybridized carbons (Fsp3) is 0.586. The molecule has 3 unspecified atom stereocenters. The van der Waals surface area contributed by atoms with Gasteiger partial charge in [-0.1, -0.05) is 58.9 Å². The van der Waals surface area contributed by atoms with Crippen molar-refractivity contribution < 1.29 is 14.4 Å². The van der Waals surface area contributed by atoms with E-state index in [0.717, 1.165) is 47.5 Å². The minimum Gasteiger partial charge on any atom is -0.352 e. The van der Waals surface area contributed by atoms with Gasteiger partial charge in [0.1, 0.15) is 6.04 Å². The Labute approximate surface area is 229 Å². The van der Waals surface area contributed by atoms with Crippen LogP contribution in [0.15, 0.2) is 35.0 Å². The number of benzene rings is 1. The Balaban J connectivity index is 0.000000657. The van der Waals surface area contributed by atoms with Crippen molar-refractivity contribution in [1.82, 2.24) is 15.5 Å². The summed E-state index contributed by atoms with van der Waals surface area (Å²) >= 11 is 1.65. The number of hydrogen-bond acceptors (Lipinski definition) is 5. The number of aliphatic imine (C=N–C) groups is 1. The van der Waals surface area contributed by atoms with Crippen molar-refractivity contribution in [3.8, 4) is 0 Å². The number of hydrogen-bond donors (Lipinski definition) is 2. The quantitative estimate of drug-likeness (QED) is 0.326. The van der Waals surface area contributed by atoms with Gasteiger partial charge in [-0.05, 0) is 63.1 Å². The van der Waals surface area contributed by atoms with Crippen LogP contribution in [0.25, 0.3) is 4.91 Å². The van der Waals surface area contributed by atoms with E-state index in [4.69, 9.17) is 0 Å². The summed E-state index contributed by atoms with van der Waals surface area (Å²) in [5, 5.41) is 5.52. The second kappa shape index (κ2) is 17.0. The lowest BCUT2D eigenvalue weighted by atomic mass is 9.85. The molecule has 0 saturated carbocycles. The Morgan fingerprint density at radius 2 is 1.76 bits per heavy atom. The van der Waals surface area contributed by atoms with Crippen molar-refractivity contribution >= 4 is 41.6 Å². The molecule has 1 aromatic rings. The number of amides is 3. The fourth-order valence-corrected chi connectivity index (χ4v) is 4.68. The van der Waals surface area contributed by atoms with Crippen LogP contribution in [0.5, 0.6) is 0 Å². The van der Waals surface area contributed by atoms with Gasteiger partial charge in [0.25, 0.3) is 0 Å². The van der Waals surface area contributed by atoms with E-state index in [-0.39, 0.29) is 23.3 Å². The third kappa shape index (κ3) is 11.1. The maximum absolute atomic E-state index is 12.4. The number of nitrogens with zero attached hydrogens (tertiary/aromatic N) is 2. The number of allylic oxidation sites excluding steroid dienone is 1. The van der Waals surface area contributed by atoms with Crippen molar-refractivity contribution in [2.24, 2.45) is 10.4 Å². The summed E-state index contributed by atoms with van der Waals surface area (Å²) < 4.78 is 0. The first-order valence-electron chi connectivity index (χ1n) is 13.0. The van der Waals surface area contributed by atoms with Gasteiger partial charge in [0.05, 0.1) is 11.7 Å². The van der Waals surface area contributed by atoms with Crippen molar-refractivity contribution in [2.75, 3.05) is 12.8 Å². The molecular formula is C29H48N4O3S. The SMILES string of the molecule is C=N/C(C)=C(\SC)c1ccc(C(C)NC=O)cc1.CC.CC(=O)NC(C(=O)N1CCCC1C)C(C)(C)C. The van der Waals surface area contributed by atoms with Crippen LogP contribution in [0.2, 0.25) is 0 Å². The summed E-state index contributed by atoms with van der Waals surface area (Å²) in [6, 6.07) is 8.00. The Hall–Kier alpha value is -2.61. The van der Waals surface area contributed by atoms with Crippen LogP contribution in [-0.2, 0) is 14.4 Å². The van der Waals surface area contributed by atoms with E-state index < -0.39 is 6.04 Å². The van der Waals surface area contributed by atoms with Crippen LogP contribution in [0, 0.1) is 5.41 Å². The van der Waals surface area contributed by atoms with Crippen LogP contribution < -0.4 is 10.6 Å². The van der Waals surface area contributed by atoms with Crippen LogP contribution in [0.1, 0.15) is 92.3 Å². The van der Waals surface area contributed by atoms with Gasteiger partial charge in [-0.3, -0.25) is 19.4 Å². The second-order valence-corrected chi connectivity index (χ2v) is 10.7. The summed E-state index contributed by atoms with van der Waals surface area (Å²) in [5.74, 6) is -0.0946. The molecule has 8 heteroatoms. The monoisotopic (exact) mass is 532 g/mol. The van der Waals surface area contributed by atoms with Crippen LogP contribution in [-0.4, -0.2) is 54.7 Å². The number of carbonyl (C=O) groups is 3. The highest BCUT2D eigenvalue weighted by Gasteiger charge is 2.37. The number of thioether (sulfide) groups is 1. The zero-order valence-corrected chi connectivity index (χ0v) is 25.3. The molecule has 0 bridgehead atoms. The number of nitrogens with one attached hydrogen (secondary N) is 2. The average Bonchev–Trinajstić information content (AvgIpc) is 3.29. The van der Waals surface area contributed by atoms with E-state index in [1.165, 1.54) is 6.92 Å². The fourth-order valence-electron chi connectivity index (χ4n) is 3.95. The predicted octanol–water partition coefficient (Wildman–Crippen LogP) is 5.82. The summed E-state index contributed by atoms with van der Waals surface area (Å²) in [7, 11) is 0. The molecule has 1 aliphatic heterocycles. The smallest absolute Gasteiger partial charge is 0.245 e. The van der Waals surface area contributed by atoms with E-state index in [9.17, 15) is 14.4 Å². The largest absolute Gasteiger partial charge is 0.352 e. The maximum atomic E-state index is 12.4. The zero-order chi connectivity index (χ0) is 28.8. The first-order valence-corrected chi connectivity index (χ1v) is 14.2. The minimum absolute atomic E-state index is 0.0249. The van der Waals surface area contributed by atoms with Gasteiger partial charge in [-0.25, -0.2) is 0 Å². The van der Waals surface area contributed by atoms with E-state index in [2.05, 4.69) is 29.3 Å². The molecule has 3 amide bonds. The molecule has 0 spiro atoms. The Morgan fingerprint density at radius 3 is 2.14 bits per heavy atom. The number of carbonyl (C=O) groups excluding carboxylic acids is 3. The standard InChI is InChI=1S/C14H18N2OS.C13H24N2O2.C2H6/c1-10(16-9-17)12-5-7-13(8-6-12)14(18-4)11(2)15-3;1-9-7-6-8-15(9)12(17)11(13(3,4)5)14-10(2)16;1-2/h5-10H,3H2,1-2,4H3,(H,16,17);9,11H,6-8H2,1-5H3,(H,14,16);1-2H3/b14-11-;;. The molecule has 0 aliphatic carbocycles. The highest BCUT2D eigenvalue weighted by Crippen LogP contribution is 2.30. The Morgan fingerprint density at radius 1 is 1.19 bits per heavy atom. The van der Waals surface area contributed by atoms with Crippen molar-refractivity contribution in [3.05, 3.63) is 41.1 Å². The van der Waals surface area contributed by atoms with E-state index in [1.54, 1.807) is 11.8 Å². The topological polar surface area (TPSA) is 90.9 Å². The lowest BCUT2D eigenvalue weighted by molar-refractivity contribution is -0.139. The highest BCUT2D eigenvalue weighted by molar-refractivity contribution is 8.07. The number of rotatable bonds is 8. The highest BCUT2D eigenvalue weighted by atomic mass is 32.2. The Bertz CT molecular complexity index is 907. The van der Waals surface area contributed by atoms with Crippen molar-refractivity contribution in [2.45, 2.75) is 93.3 Å². The lowest BCUT2D eigenvalue weighted by Crippen LogP contribution is -2.54. The van der Waals surface area contributed by atoms with E-state index in [0.29, 0.717) is 6.04 Å². The molecule has 1 fully saturated rings. The summed E-state index contributed by atoms with van der Waals surface area (Å²) in [6.07, 6.45) is 4.86. The zero-order valence-electron chi connectivity index (χ0n) is 24.5. The van der Waals surface area contributed by atoms with E-state index in [1.807, 2.05) is 83.9 Å². The van der Waals surface area contributed by atoms with Crippen LogP contribution in [0.3, 0.4) is 0 Å². The molecule has 1 aliphatic rings. The molecule has 1 aromatic carbocycles. The first kappa shape index (κ1) is 34.4. The summed E-state index contributed by atoms with van der Waals surface area (Å²) in [6.45, 7) is 21.7. The van der Waals surface area contributed by atoms with Gasteiger partial charge < -0.3 is 15.5 Å². The molecule has 1 heterocycles. The predicted molar refractivity (Wildman–Crippen MR) is 159 cm³/mol. The molecule has 2 rings (SSSR count). The molecular weight excluding hydrogens is 484 g/mol. The van der Waals surface area contributed by atoms with Crippen molar-refractivity contribution in [3.63, 3.8) is 0 Å².